The first-order chi connectivity index (χ1) is 15.3. The van der Waals surface area contributed by atoms with Crippen LogP contribution < -0.4 is 5.73 Å². The lowest BCUT2D eigenvalue weighted by Gasteiger charge is -2.69. The molecule has 0 unspecified atom stereocenters. The summed E-state index contributed by atoms with van der Waals surface area (Å²) in [6.07, 6.45) is 17.7. The molecule has 0 aromatic heterocycles. The second kappa shape index (κ2) is 8.22. The SMILES string of the molecule is CC[C@H](/C=C/[C@@H](C)[C@@]1(N)CC[C@@]2(C)[C@@H]3CC=C4C[C@@H](O)CC[C@]4(C)[C@@]3(C)CC[C@@]21C)C(C)C. The van der Waals surface area contributed by atoms with Crippen LogP contribution in [0.25, 0.3) is 0 Å². The first-order valence-electron chi connectivity index (χ1n) is 14.1. The van der Waals surface area contributed by atoms with Crippen LogP contribution in [-0.4, -0.2) is 16.7 Å². The third-order valence-electron chi connectivity index (χ3n) is 12.8. The molecule has 0 amide bonds. The van der Waals surface area contributed by atoms with Crippen molar-refractivity contribution in [3.8, 4) is 0 Å². The van der Waals surface area contributed by atoms with Crippen molar-refractivity contribution >= 4 is 0 Å². The first-order valence-corrected chi connectivity index (χ1v) is 14.1. The van der Waals surface area contributed by atoms with Crippen LogP contribution in [0.15, 0.2) is 23.8 Å². The molecule has 4 aliphatic carbocycles. The fourth-order valence-electron chi connectivity index (χ4n) is 9.65. The fraction of sp³-hybridized carbons (Fsp3) is 0.871. The van der Waals surface area contributed by atoms with E-state index in [0.717, 1.165) is 25.7 Å². The molecule has 3 N–H and O–H groups in total. The predicted octanol–water partition coefficient (Wildman–Crippen LogP) is 7.66. The van der Waals surface area contributed by atoms with Gasteiger partial charge in [0.2, 0.25) is 0 Å². The van der Waals surface area contributed by atoms with Gasteiger partial charge in [-0.25, -0.2) is 0 Å². The van der Waals surface area contributed by atoms with E-state index in [1.807, 2.05) is 0 Å². The molecule has 188 valence electrons. The maximum absolute atomic E-state index is 10.4. The Labute approximate surface area is 204 Å². The molecule has 9 atom stereocenters. The lowest BCUT2D eigenvalue weighted by Crippen LogP contribution is -2.66. The number of allylic oxidation sites excluding steroid dienone is 2. The molecule has 3 saturated carbocycles. The number of fused-ring (bicyclic) bond motifs is 5. The maximum atomic E-state index is 10.4. The molecule has 0 spiro atoms. The molecular weight excluding hydrogens is 402 g/mol. The number of nitrogens with two attached hydrogens (primary N) is 1. The van der Waals surface area contributed by atoms with Crippen LogP contribution in [0.2, 0.25) is 0 Å². The van der Waals surface area contributed by atoms with Gasteiger partial charge in [0, 0.05) is 5.54 Å². The van der Waals surface area contributed by atoms with Crippen LogP contribution in [0.4, 0.5) is 0 Å². The van der Waals surface area contributed by atoms with Gasteiger partial charge in [0.05, 0.1) is 6.10 Å². The van der Waals surface area contributed by atoms with E-state index in [-0.39, 0.29) is 27.9 Å². The molecule has 2 heteroatoms. The molecule has 0 bridgehead atoms. The summed E-state index contributed by atoms with van der Waals surface area (Å²) in [4.78, 5) is 0. The van der Waals surface area contributed by atoms with Crippen molar-refractivity contribution in [2.45, 2.75) is 125 Å². The summed E-state index contributed by atoms with van der Waals surface area (Å²) in [7, 11) is 0. The lowest BCUT2D eigenvalue weighted by atomic mass is 9.36. The van der Waals surface area contributed by atoms with Gasteiger partial charge in [0.25, 0.3) is 0 Å². The minimum Gasteiger partial charge on any atom is -0.393 e. The summed E-state index contributed by atoms with van der Waals surface area (Å²) < 4.78 is 0. The van der Waals surface area contributed by atoms with Gasteiger partial charge in [-0.15, -0.1) is 0 Å². The summed E-state index contributed by atoms with van der Waals surface area (Å²) >= 11 is 0. The van der Waals surface area contributed by atoms with Crippen molar-refractivity contribution in [2.75, 3.05) is 0 Å². The van der Waals surface area contributed by atoms with Gasteiger partial charge >= 0.3 is 0 Å². The topological polar surface area (TPSA) is 46.2 Å². The quantitative estimate of drug-likeness (QED) is 0.418. The number of rotatable bonds is 5. The van der Waals surface area contributed by atoms with E-state index in [9.17, 15) is 5.11 Å². The van der Waals surface area contributed by atoms with Gasteiger partial charge in [-0.1, -0.05) is 79.2 Å². The van der Waals surface area contributed by atoms with Gasteiger partial charge < -0.3 is 10.8 Å². The largest absolute Gasteiger partial charge is 0.393 e. The summed E-state index contributed by atoms with van der Waals surface area (Å²) in [6, 6.07) is 0. The van der Waals surface area contributed by atoms with Gasteiger partial charge in [0.1, 0.15) is 0 Å². The van der Waals surface area contributed by atoms with E-state index in [4.69, 9.17) is 5.73 Å². The van der Waals surface area contributed by atoms with E-state index >= 15 is 0 Å². The zero-order valence-electron chi connectivity index (χ0n) is 23.0. The van der Waals surface area contributed by atoms with E-state index in [2.05, 4.69) is 73.6 Å². The van der Waals surface area contributed by atoms with Gasteiger partial charge in [-0.3, -0.25) is 0 Å². The molecule has 0 aromatic carbocycles. The van der Waals surface area contributed by atoms with Crippen molar-refractivity contribution in [1.29, 1.82) is 0 Å². The van der Waals surface area contributed by atoms with Crippen LogP contribution in [0, 0.1) is 45.3 Å². The van der Waals surface area contributed by atoms with Crippen LogP contribution in [0.1, 0.15) is 113 Å². The second-order valence-corrected chi connectivity index (χ2v) is 13.9. The summed E-state index contributed by atoms with van der Waals surface area (Å²) in [5, 5.41) is 10.4. The van der Waals surface area contributed by atoms with E-state index < -0.39 is 0 Å². The van der Waals surface area contributed by atoms with Crippen molar-refractivity contribution in [3.63, 3.8) is 0 Å². The van der Waals surface area contributed by atoms with Gasteiger partial charge in [-0.05, 0) is 103 Å². The van der Waals surface area contributed by atoms with Crippen LogP contribution in [-0.2, 0) is 0 Å². The molecule has 0 aromatic rings. The molecule has 2 nitrogen and oxygen atoms in total. The van der Waals surface area contributed by atoms with Gasteiger partial charge in [-0.2, -0.15) is 0 Å². The van der Waals surface area contributed by atoms with Crippen molar-refractivity contribution in [1.82, 2.24) is 0 Å². The monoisotopic (exact) mass is 455 g/mol. The summed E-state index contributed by atoms with van der Waals surface area (Å²) in [5.74, 6) is 2.41. The predicted molar refractivity (Wildman–Crippen MR) is 141 cm³/mol. The Morgan fingerprint density at radius 3 is 2.30 bits per heavy atom. The van der Waals surface area contributed by atoms with E-state index in [1.165, 1.54) is 32.1 Å². The van der Waals surface area contributed by atoms with Crippen LogP contribution in [0.3, 0.4) is 0 Å². The van der Waals surface area contributed by atoms with Gasteiger partial charge in [0.15, 0.2) is 0 Å². The Balaban J connectivity index is 1.68. The molecule has 0 saturated heterocycles. The standard InChI is InChI=1S/C31H53NO/c1-9-23(21(2)3)11-10-22(4)31(32)19-17-29(7)26-13-12-24-20-25(33)14-15-27(24,5)28(26,6)16-18-30(29,31)8/h10-12,21-23,25-26,33H,9,13-20,32H2,1-8H3/b11-10+/t22-,23-,25+,26-,27+,28+,29+,30+,31+/m1/s1. The Morgan fingerprint density at radius 2 is 1.67 bits per heavy atom. The lowest BCUT2D eigenvalue weighted by molar-refractivity contribution is -0.166. The molecule has 0 heterocycles. The Kier molecular flexibility index (Phi) is 6.35. The van der Waals surface area contributed by atoms with Crippen LogP contribution in [0.5, 0.6) is 0 Å². The highest BCUT2D eigenvalue weighted by Crippen LogP contribution is 2.76. The Hall–Kier alpha value is -0.600. The second-order valence-electron chi connectivity index (χ2n) is 13.9. The van der Waals surface area contributed by atoms with Crippen molar-refractivity contribution in [3.05, 3.63) is 23.8 Å². The average molecular weight is 456 g/mol. The smallest absolute Gasteiger partial charge is 0.0577 e. The minimum atomic E-state index is -0.137. The minimum absolute atomic E-state index is 0.136. The molecule has 0 aliphatic heterocycles. The molecule has 33 heavy (non-hydrogen) atoms. The van der Waals surface area contributed by atoms with E-state index in [1.54, 1.807) is 5.57 Å². The number of hydrogen-bond donors (Lipinski definition) is 2. The summed E-state index contributed by atoms with van der Waals surface area (Å²) in [6.45, 7) is 19.7. The van der Waals surface area contributed by atoms with Crippen molar-refractivity contribution < 1.29 is 5.11 Å². The summed E-state index contributed by atoms with van der Waals surface area (Å²) in [5.41, 5.74) is 9.91. The zero-order chi connectivity index (χ0) is 24.4. The average Bonchev–Trinajstić information content (AvgIpc) is 2.97. The van der Waals surface area contributed by atoms with Crippen molar-refractivity contribution in [2.24, 2.45) is 51.1 Å². The molecule has 4 rings (SSSR count). The van der Waals surface area contributed by atoms with Crippen LogP contribution >= 0.6 is 0 Å². The number of hydrogen-bond acceptors (Lipinski definition) is 2. The van der Waals surface area contributed by atoms with E-state index in [0.29, 0.717) is 29.1 Å². The molecule has 4 aliphatic rings. The molecule has 3 fully saturated rings. The highest BCUT2D eigenvalue weighted by Gasteiger charge is 2.72. The fourth-order valence-corrected chi connectivity index (χ4v) is 9.65. The maximum Gasteiger partial charge on any atom is 0.0577 e. The number of aliphatic hydroxyl groups excluding tert-OH is 1. The normalized spacial score (nSPS) is 49.4. The molecule has 0 radical (unpaired) electrons. The Morgan fingerprint density at radius 1 is 1.00 bits per heavy atom. The molecular formula is C31H53NO. The Bertz CT molecular complexity index is 814. The highest BCUT2D eigenvalue weighted by atomic mass is 16.3. The first kappa shape index (κ1) is 25.5. The zero-order valence-corrected chi connectivity index (χ0v) is 23.0. The number of aliphatic hydroxyl groups is 1. The highest BCUT2D eigenvalue weighted by molar-refractivity contribution is 5.32. The third kappa shape index (κ3) is 3.32. The third-order valence-corrected chi connectivity index (χ3v) is 12.8.